The van der Waals surface area contributed by atoms with Crippen molar-refractivity contribution in [2.75, 3.05) is 5.32 Å². The Hall–Kier alpha value is -2.01. The lowest BCUT2D eigenvalue weighted by atomic mass is 9.97. The van der Waals surface area contributed by atoms with E-state index >= 15 is 0 Å². The fraction of sp³-hybridized carbons (Fsp3) is 0.286. The first-order valence-electron chi connectivity index (χ1n) is 6.46. The van der Waals surface area contributed by atoms with Gasteiger partial charge in [0.25, 0.3) is 0 Å². The number of rotatable bonds is 1. The number of aromatic nitrogens is 2. The maximum Gasteiger partial charge on any atom is 0.410 e. The summed E-state index contributed by atoms with van der Waals surface area (Å²) in [5.41, 5.74) is 0.838. The summed E-state index contributed by atoms with van der Waals surface area (Å²) in [6, 6.07) is 6.65. The van der Waals surface area contributed by atoms with Crippen molar-refractivity contribution in [3.63, 3.8) is 0 Å². The SMILES string of the molecule is N#Cc1cnn2c1NC(c1ccc(Br)cc1)CC2C(F)(F)F. The molecule has 1 aromatic heterocycles. The summed E-state index contributed by atoms with van der Waals surface area (Å²) in [5.74, 6) is 0.115. The molecule has 3 rings (SSSR count). The van der Waals surface area contributed by atoms with Gasteiger partial charge in [0, 0.05) is 10.9 Å². The van der Waals surface area contributed by atoms with Crippen molar-refractivity contribution >= 4 is 21.7 Å². The molecule has 0 aliphatic carbocycles. The molecule has 2 unspecified atom stereocenters. The van der Waals surface area contributed by atoms with Crippen molar-refractivity contribution in [2.45, 2.75) is 24.7 Å². The number of hydrogen-bond donors (Lipinski definition) is 1. The van der Waals surface area contributed by atoms with Gasteiger partial charge in [-0.25, -0.2) is 4.68 Å². The van der Waals surface area contributed by atoms with Crippen molar-refractivity contribution in [3.05, 3.63) is 46.1 Å². The van der Waals surface area contributed by atoms with Crippen molar-refractivity contribution < 1.29 is 13.2 Å². The van der Waals surface area contributed by atoms with Crippen molar-refractivity contribution in [3.8, 4) is 6.07 Å². The monoisotopic (exact) mass is 370 g/mol. The summed E-state index contributed by atoms with van der Waals surface area (Å²) >= 11 is 3.30. The third-order valence-electron chi connectivity index (χ3n) is 3.63. The van der Waals surface area contributed by atoms with Crippen LogP contribution in [0.2, 0.25) is 0 Å². The molecule has 22 heavy (non-hydrogen) atoms. The quantitative estimate of drug-likeness (QED) is 0.819. The van der Waals surface area contributed by atoms with E-state index in [0.717, 1.165) is 20.9 Å². The number of hydrogen-bond acceptors (Lipinski definition) is 3. The van der Waals surface area contributed by atoms with Gasteiger partial charge in [0.2, 0.25) is 0 Å². The van der Waals surface area contributed by atoms with Gasteiger partial charge in [-0.05, 0) is 17.7 Å². The van der Waals surface area contributed by atoms with Crippen LogP contribution in [0.5, 0.6) is 0 Å². The van der Waals surface area contributed by atoms with Crippen LogP contribution >= 0.6 is 15.9 Å². The first kappa shape index (κ1) is 14.9. The summed E-state index contributed by atoms with van der Waals surface area (Å²) in [6.45, 7) is 0. The number of anilines is 1. The van der Waals surface area contributed by atoms with Crippen LogP contribution < -0.4 is 5.32 Å². The van der Waals surface area contributed by atoms with E-state index in [-0.39, 0.29) is 17.8 Å². The average Bonchev–Trinajstić information content (AvgIpc) is 2.88. The average molecular weight is 371 g/mol. The third kappa shape index (κ3) is 2.57. The van der Waals surface area contributed by atoms with Crippen LogP contribution in [-0.4, -0.2) is 16.0 Å². The highest BCUT2D eigenvalue weighted by Gasteiger charge is 2.46. The molecule has 2 heterocycles. The summed E-state index contributed by atoms with van der Waals surface area (Å²) in [7, 11) is 0. The maximum absolute atomic E-state index is 13.3. The number of halogens is 4. The van der Waals surface area contributed by atoms with Gasteiger partial charge in [0.15, 0.2) is 6.04 Å². The maximum atomic E-state index is 13.3. The summed E-state index contributed by atoms with van der Waals surface area (Å²) in [4.78, 5) is 0. The molecule has 2 aromatic rings. The molecule has 1 N–H and O–H groups in total. The zero-order valence-electron chi connectivity index (χ0n) is 11.1. The van der Waals surface area contributed by atoms with Gasteiger partial charge >= 0.3 is 6.18 Å². The smallest absolute Gasteiger partial charge is 0.362 e. The fourth-order valence-electron chi connectivity index (χ4n) is 2.56. The molecular formula is C14H10BrF3N4. The Morgan fingerprint density at radius 3 is 2.59 bits per heavy atom. The van der Waals surface area contributed by atoms with Crippen LogP contribution in [0.25, 0.3) is 0 Å². The Labute approximate surface area is 132 Å². The standard InChI is InChI=1S/C14H10BrF3N4/c15-10-3-1-8(2-4-10)11-5-12(14(16,17)18)22-13(21-11)9(6-19)7-20-22/h1-4,7,11-12,21H,5H2. The van der Waals surface area contributed by atoms with Gasteiger partial charge < -0.3 is 5.32 Å². The largest absolute Gasteiger partial charge is 0.410 e. The second-order valence-electron chi connectivity index (χ2n) is 5.00. The molecular weight excluding hydrogens is 361 g/mol. The second-order valence-corrected chi connectivity index (χ2v) is 5.92. The molecule has 4 nitrogen and oxygen atoms in total. The Balaban J connectivity index is 2.03. The van der Waals surface area contributed by atoms with E-state index in [0.29, 0.717) is 0 Å². The summed E-state index contributed by atoms with van der Waals surface area (Å²) < 4.78 is 41.6. The van der Waals surface area contributed by atoms with Crippen molar-refractivity contribution in [1.82, 2.24) is 9.78 Å². The van der Waals surface area contributed by atoms with Gasteiger partial charge in [0.1, 0.15) is 17.5 Å². The Morgan fingerprint density at radius 1 is 1.32 bits per heavy atom. The highest BCUT2D eigenvalue weighted by Crippen LogP contribution is 2.44. The molecule has 1 aliphatic heterocycles. The summed E-state index contributed by atoms with van der Waals surface area (Å²) in [5, 5.41) is 15.8. The topological polar surface area (TPSA) is 53.6 Å². The highest BCUT2D eigenvalue weighted by molar-refractivity contribution is 9.10. The Bertz CT molecular complexity index is 730. The minimum atomic E-state index is -4.43. The van der Waals surface area contributed by atoms with Gasteiger partial charge in [-0.2, -0.15) is 23.5 Å². The molecule has 2 atom stereocenters. The van der Waals surface area contributed by atoms with Gasteiger partial charge in [-0.3, -0.25) is 0 Å². The fourth-order valence-corrected chi connectivity index (χ4v) is 2.82. The van der Waals surface area contributed by atoms with E-state index in [2.05, 4.69) is 26.3 Å². The number of nitrogens with one attached hydrogen (secondary N) is 1. The van der Waals surface area contributed by atoms with E-state index in [1.807, 2.05) is 6.07 Å². The molecule has 0 radical (unpaired) electrons. The predicted molar refractivity (Wildman–Crippen MR) is 77.2 cm³/mol. The number of alkyl halides is 3. The minimum absolute atomic E-state index is 0.107. The first-order valence-corrected chi connectivity index (χ1v) is 7.26. The number of nitriles is 1. The van der Waals surface area contributed by atoms with Crippen LogP contribution in [0, 0.1) is 11.3 Å². The highest BCUT2D eigenvalue weighted by atomic mass is 79.9. The lowest BCUT2D eigenvalue weighted by molar-refractivity contribution is -0.173. The molecule has 1 aromatic carbocycles. The molecule has 114 valence electrons. The molecule has 0 amide bonds. The van der Waals surface area contributed by atoms with Crippen molar-refractivity contribution in [1.29, 1.82) is 5.26 Å². The van der Waals surface area contributed by atoms with E-state index in [4.69, 9.17) is 5.26 Å². The molecule has 8 heteroatoms. The number of fused-ring (bicyclic) bond motifs is 1. The molecule has 0 spiro atoms. The second kappa shape index (κ2) is 5.32. The molecule has 1 aliphatic rings. The van der Waals surface area contributed by atoms with Gasteiger partial charge in [-0.1, -0.05) is 28.1 Å². The van der Waals surface area contributed by atoms with E-state index < -0.39 is 18.3 Å². The Kier molecular flexibility index (Phi) is 3.60. The van der Waals surface area contributed by atoms with E-state index in [1.54, 1.807) is 24.3 Å². The number of nitrogens with zero attached hydrogens (tertiary/aromatic N) is 3. The van der Waals surface area contributed by atoms with Crippen LogP contribution in [0.4, 0.5) is 19.0 Å². The van der Waals surface area contributed by atoms with E-state index in [1.165, 1.54) is 0 Å². The van der Waals surface area contributed by atoms with Crippen LogP contribution in [0.1, 0.15) is 29.6 Å². The number of benzene rings is 1. The predicted octanol–water partition coefficient (Wildman–Crippen LogP) is 4.18. The van der Waals surface area contributed by atoms with Crippen molar-refractivity contribution in [2.24, 2.45) is 0 Å². The van der Waals surface area contributed by atoms with Crippen LogP contribution in [0.3, 0.4) is 0 Å². The third-order valence-corrected chi connectivity index (χ3v) is 4.16. The Morgan fingerprint density at radius 2 is 2.00 bits per heavy atom. The molecule has 0 bridgehead atoms. The lowest BCUT2D eigenvalue weighted by Crippen LogP contribution is -2.35. The lowest BCUT2D eigenvalue weighted by Gasteiger charge is -2.33. The normalized spacial score (nSPS) is 20.9. The molecule has 0 saturated carbocycles. The molecule has 0 fully saturated rings. The van der Waals surface area contributed by atoms with Crippen LogP contribution in [-0.2, 0) is 0 Å². The van der Waals surface area contributed by atoms with E-state index in [9.17, 15) is 13.2 Å². The van der Waals surface area contributed by atoms with Crippen LogP contribution in [0.15, 0.2) is 34.9 Å². The zero-order valence-corrected chi connectivity index (χ0v) is 12.7. The molecule has 0 saturated heterocycles. The first-order chi connectivity index (χ1) is 10.4. The summed E-state index contributed by atoms with van der Waals surface area (Å²) in [6.07, 6.45) is -3.45. The van der Waals surface area contributed by atoms with Gasteiger partial charge in [-0.15, -0.1) is 0 Å². The van der Waals surface area contributed by atoms with Gasteiger partial charge in [0.05, 0.1) is 12.2 Å². The minimum Gasteiger partial charge on any atom is -0.362 e. The zero-order chi connectivity index (χ0) is 15.9.